The number of phosphoric acid groups is 2. The molecule has 0 aliphatic carbocycles. The zero-order chi connectivity index (χ0) is 65.3. The van der Waals surface area contributed by atoms with Crippen molar-refractivity contribution in [1.82, 2.24) is 0 Å². The van der Waals surface area contributed by atoms with Crippen LogP contribution in [0.5, 0.6) is 0 Å². The van der Waals surface area contributed by atoms with Crippen molar-refractivity contribution in [3.8, 4) is 0 Å². The number of hydrogen-bond acceptors (Lipinski definition) is 14. The second-order valence-corrected chi connectivity index (χ2v) is 25.9. The fraction of sp³-hybridized carbons (Fsp3) is 0.732. The lowest BCUT2D eigenvalue weighted by Gasteiger charge is -2.21. The number of allylic oxidation sites excluding steroid dienone is 16. The summed E-state index contributed by atoms with van der Waals surface area (Å²) in [6, 6.07) is 0. The minimum Gasteiger partial charge on any atom is -0.463 e. The fourth-order valence-corrected chi connectivity index (χ4v) is 10.6. The molecule has 0 heterocycles. The van der Waals surface area contributed by atoms with Gasteiger partial charge in [-0.25, -0.2) is 9.13 Å². The van der Waals surface area contributed by atoms with Crippen LogP contribution in [0.15, 0.2) is 97.2 Å². The Balaban J connectivity index is 4.56. The summed E-state index contributed by atoms with van der Waals surface area (Å²) in [4.78, 5) is 58.3. The van der Waals surface area contributed by atoms with Gasteiger partial charge in [0.2, 0.25) is 0 Å². The molecule has 4 N–H and O–H groups in total. The molecule has 5 unspecified atom stereocenters. The summed E-state index contributed by atoms with van der Waals surface area (Å²) < 4.78 is 60.8. The SMILES string of the molecule is CC/C=C\C/C=C\C/C=C\C/C=C\C/C=C\C/C=C\CCCCCCCCC(=O)OCC(O)COP(=O)(O)OCC(O)COP(=O)(O)OCC(COC(=O)CCCCCCC/C=C\C/C=C\CCCCC)OC(=O)CCCCCCCCCCCCCCC. The molecule has 0 radical (unpaired) electrons. The van der Waals surface area contributed by atoms with Gasteiger partial charge in [0, 0.05) is 19.3 Å². The van der Waals surface area contributed by atoms with Crippen molar-refractivity contribution in [3.63, 3.8) is 0 Å². The van der Waals surface area contributed by atoms with E-state index < -0.39 is 91.5 Å². The van der Waals surface area contributed by atoms with Crippen molar-refractivity contribution in [2.24, 2.45) is 0 Å². The first-order valence-corrected chi connectivity index (χ1v) is 37.5. The average Bonchev–Trinajstić information content (AvgIpc) is 3.70. The lowest BCUT2D eigenvalue weighted by Crippen LogP contribution is -2.30. The Kier molecular flexibility index (Phi) is 62.0. The Bertz CT molecular complexity index is 2010. The minimum absolute atomic E-state index is 0.104. The molecule has 0 aromatic heterocycles. The molecule has 18 heteroatoms. The lowest BCUT2D eigenvalue weighted by atomic mass is 10.0. The Morgan fingerprint density at radius 1 is 0.326 bits per heavy atom. The first kappa shape index (κ1) is 85.5. The summed E-state index contributed by atoms with van der Waals surface area (Å²) in [5.41, 5.74) is 0. The molecule has 0 aliphatic rings. The number of phosphoric ester groups is 2. The summed E-state index contributed by atoms with van der Waals surface area (Å²) in [6.45, 7) is 2.50. The van der Waals surface area contributed by atoms with E-state index in [4.69, 9.17) is 32.3 Å². The third kappa shape index (κ3) is 65.8. The van der Waals surface area contributed by atoms with Gasteiger partial charge in [-0.3, -0.25) is 32.5 Å². The molecular weight excluding hydrogens is 1170 g/mol. The molecule has 0 bridgehead atoms. The third-order valence-electron chi connectivity index (χ3n) is 14.3. The number of ether oxygens (including phenoxy) is 3. The van der Waals surface area contributed by atoms with Crippen LogP contribution >= 0.6 is 15.6 Å². The molecule has 0 fully saturated rings. The maximum atomic E-state index is 12.9. The van der Waals surface area contributed by atoms with Crippen LogP contribution in [-0.2, 0) is 55.8 Å². The smallest absolute Gasteiger partial charge is 0.463 e. The Morgan fingerprint density at radius 2 is 0.596 bits per heavy atom. The van der Waals surface area contributed by atoms with E-state index in [9.17, 15) is 43.5 Å². The second kappa shape index (κ2) is 64.6. The van der Waals surface area contributed by atoms with E-state index in [2.05, 4.69) is 118 Å². The maximum absolute atomic E-state index is 12.9. The summed E-state index contributed by atoms with van der Waals surface area (Å²) >= 11 is 0. The molecule has 0 aromatic rings. The predicted molar refractivity (Wildman–Crippen MR) is 362 cm³/mol. The summed E-state index contributed by atoms with van der Waals surface area (Å²) in [5, 5.41) is 20.5. The van der Waals surface area contributed by atoms with Crippen LogP contribution in [0.2, 0.25) is 0 Å². The number of hydrogen-bond donors (Lipinski definition) is 4. The lowest BCUT2D eigenvalue weighted by molar-refractivity contribution is -0.161. The molecular formula is C71H124O16P2. The number of esters is 3. The molecule has 0 amide bonds. The van der Waals surface area contributed by atoms with Crippen LogP contribution in [0.1, 0.15) is 278 Å². The van der Waals surface area contributed by atoms with Gasteiger partial charge in [0.15, 0.2) is 6.10 Å². The first-order chi connectivity index (χ1) is 43.2. The zero-order valence-corrected chi connectivity index (χ0v) is 57.4. The fourth-order valence-electron chi connectivity index (χ4n) is 9.02. The number of carbonyl (C=O) groups excluding carboxylic acids is 3. The standard InChI is InChI=1S/C71H124O16P2/c1-4-7-10-13-16-19-22-25-27-28-29-30-31-32-33-34-35-36-38-41-42-45-48-51-54-57-69(74)81-60-66(72)61-83-88(77,78)84-62-67(73)63-85-89(79,80)86-65-68(87-71(76)59-56-53-50-47-44-39-24-21-18-15-12-9-6-3)64-82-70(75)58-55-52-49-46-43-40-37-26-23-20-17-14-11-8-5-2/h7,10,16-17,19-20,25-27,29-30,32-33,35-37,66-68,72-73H,4-6,8-9,11-15,18,21-24,28,31,34,38-65H2,1-3H3,(H,77,78)(H,79,80)/b10-7-,19-16-,20-17-,27-25-,30-29-,33-32-,36-35-,37-26-. The zero-order valence-electron chi connectivity index (χ0n) is 55.6. The molecule has 0 saturated heterocycles. The first-order valence-electron chi connectivity index (χ1n) is 34.5. The molecule has 16 nitrogen and oxygen atoms in total. The van der Waals surface area contributed by atoms with Crippen molar-refractivity contribution in [1.29, 1.82) is 0 Å². The van der Waals surface area contributed by atoms with E-state index >= 15 is 0 Å². The van der Waals surface area contributed by atoms with Gasteiger partial charge in [0.25, 0.3) is 0 Å². The molecule has 0 spiro atoms. The quantitative estimate of drug-likeness (QED) is 0.0146. The highest BCUT2D eigenvalue weighted by atomic mass is 31.2. The Hall–Kier alpha value is -3.53. The van der Waals surface area contributed by atoms with Crippen molar-refractivity contribution in [2.45, 2.75) is 296 Å². The highest BCUT2D eigenvalue weighted by Gasteiger charge is 2.29. The highest BCUT2D eigenvalue weighted by Crippen LogP contribution is 2.45. The number of carbonyl (C=O) groups is 3. The average molecular weight is 1300 g/mol. The van der Waals surface area contributed by atoms with Gasteiger partial charge in [0.05, 0.1) is 26.4 Å². The van der Waals surface area contributed by atoms with E-state index in [1.54, 1.807) is 0 Å². The highest BCUT2D eigenvalue weighted by molar-refractivity contribution is 7.47. The van der Waals surface area contributed by atoms with Crippen molar-refractivity contribution in [2.75, 3.05) is 39.6 Å². The molecule has 5 atom stereocenters. The van der Waals surface area contributed by atoms with E-state index in [-0.39, 0.29) is 19.3 Å². The van der Waals surface area contributed by atoms with Crippen LogP contribution < -0.4 is 0 Å². The van der Waals surface area contributed by atoms with Gasteiger partial charge in [-0.2, -0.15) is 0 Å². The Labute approximate surface area is 539 Å². The van der Waals surface area contributed by atoms with E-state index in [1.165, 1.54) is 70.6 Å². The van der Waals surface area contributed by atoms with Crippen molar-refractivity contribution < 1.29 is 75.8 Å². The summed E-state index contributed by atoms with van der Waals surface area (Å²) in [6.07, 6.45) is 70.3. The molecule has 0 saturated carbocycles. The topological polar surface area (TPSA) is 231 Å². The van der Waals surface area contributed by atoms with Gasteiger partial charge in [-0.15, -0.1) is 0 Å². The largest absolute Gasteiger partial charge is 0.472 e. The van der Waals surface area contributed by atoms with Crippen molar-refractivity contribution >= 4 is 33.6 Å². The van der Waals surface area contributed by atoms with Crippen LogP contribution in [0.4, 0.5) is 0 Å². The van der Waals surface area contributed by atoms with E-state index in [0.717, 1.165) is 148 Å². The van der Waals surface area contributed by atoms with Gasteiger partial charge >= 0.3 is 33.6 Å². The monoisotopic (exact) mass is 1290 g/mol. The predicted octanol–water partition coefficient (Wildman–Crippen LogP) is 19.1. The molecule has 514 valence electrons. The summed E-state index contributed by atoms with van der Waals surface area (Å²) in [7, 11) is -9.78. The normalized spacial score (nSPS) is 14.8. The molecule has 89 heavy (non-hydrogen) atoms. The van der Waals surface area contributed by atoms with Crippen molar-refractivity contribution in [3.05, 3.63) is 97.2 Å². The van der Waals surface area contributed by atoms with Gasteiger partial charge < -0.3 is 34.2 Å². The van der Waals surface area contributed by atoms with E-state index in [1.807, 2.05) is 0 Å². The number of unbranched alkanes of at least 4 members (excludes halogenated alkanes) is 26. The van der Waals surface area contributed by atoms with Crippen LogP contribution in [0.25, 0.3) is 0 Å². The minimum atomic E-state index is -4.92. The number of aliphatic hydroxyl groups excluding tert-OH is 2. The van der Waals surface area contributed by atoms with Crippen LogP contribution in [0, 0.1) is 0 Å². The molecule has 0 rings (SSSR count). The van der Waals surface area contributed by atoms with Crippen LogP contribution in [0.3, 0.4) is 0 Å². The molecule has 0 aliphatic heterocycles. The Morgan fingerprint density at radius 3 is 0.966 bits per heavy atom. The maximum Gasteiger partial charge on any atom is 0.472 e. The number of rotatable bonds is 65. The molecule has 0 aromatic carbocycles. The van der Waals surface area contributed by atoms with Gasteiger partial charge in [-0.1, -0.05) is 253 Å². The summed E-state index contributed by atoms with van der Waals surface area (Å²) in [5.74, 6) is -1.60. The number of aliphatic hydroxyl groups is 2. The van der Waals surface area contributed by atoms with E-state index in [0.29, 0.717) is 19.3 Å². The van der Waals surface area contributed by atoms with Crippen LogP contribution in [-0.4, -0.2) is 95.9 Å². The second-order valence-electron chi connectivity index (χ2n) is 23.0. The van der Waals surface area contributed by atoms with Gasteiger partial charge in [0.1, 0.15) is 25.4 Å². The van der Waals surface area contributed by atoms with Gasteiger partial charge in [-0.05, 0) is 103 Å². The third-order valence-corrected chi connectivity index (χ3v) is 16.2.